The average molecular weight is 298 g/mol. The fourth-order valence-electron chi connectivity index (χ4n) is 0.975. The first-order chi connectivity index (χ1) is 8.28. The van der Waals surface area contributed by atoms with Crippen molar-refractivity contribution in [3.8, 4) is 5.75 Å². The lowest BCUT2D eigenvalue weighted by atomic mass is 10.2. The van der Waals surface area contributed by atoms with Gasteiger partial charge in [-0.1, -0.05) is 11.6 Å². The van der Waals surface area contributed by atoms with Crippen LogP contribution in [0.25, 0.3) is 0 Å². The normalized spacial score (nSPS) is 11.6. The van der Waals surface area contributed by atoms with Crippen molar-refractivity contribution < 1.29 is 17.9 Å². The monoisotopic (exact) mass is 297 g/mol. The van der Waals surface area contributed by atoms with Gasteiger partial charge >= 0.3 is 6.36 Å². The predicted octanol–water partition coefficient (Wildman–Crippen LogP) is 2.41. The highest BCUT2D eigenvalue weighted by molar-refractivity contribution is 7.80. The maximum Gasteiger partial charge on any atom is 0.573 e. The van der Waals surface area contributed by atoms with E-state index in [0.29, 0.717) is 5.56 Å². The predicted molar refractivity (Wildman–Crippen MR) is 65.7 cm³/mol. The highest BCUT2D eigenvalue weighted by atomic mass is 35.5. The number of nitrogens with two attached hydrogens (primary N) is 1. The van der Waals surface area contributed by atoms with Crippen molar-refractivity contribution in [3.63, 3.8) is 0 Å². The van der Waals surface area contributed by atoms with Gasteiger partial charge in [-0.25, -0.2) is 0 Å². The second-order valence-electron chi connectivity index (χ2n) is 2.97. The quantitative estimate of drug-likeness (QED) is 0.511. The number of benzene rings is 1. The number of halogens is 4. The van der Waals surface area contributed by atoms with Crippen molar-refractivity contribution in [2.75, 3.05) is 0 Å². The van der Waals surface area contributed by atoms with Crippen LogP contribution in [0, 0.1) is 0 Å². The van der Waals surface area contributed by atoms with Crippen LogP contribution in [0.2, 0.25) is 5.02 Å². The molecule has 0 aliphatic heterocycles. The summed E-state index contributed by atoms with van der Waals surface area (Å²) in [5.74, 6) is -0.483. The summed E-state index contributed by atoms with van der Waals surface area (Å²) in [5.41, 5.74) is 7.86. The smallest absolute Gasteiger partial charge is 0.404 e. The zero-order valence-electron chi connectivity index (χ0n) is 8.66. The molecule has 1 rings (SSSR count). The Labute approximate surface area is 111 Å². The number of hydrogen-bond acceptors (Lipinski definition) is 3. The molecule has 0 aliphatic carbocycles. The minimum Gasteiger partial charge on any atom is -0.404 e. The Morgan fingerprint density at radius 1 is 1.50 bits per heavy atom. The fourth-order valence-corrected chi connectivity index (χ4v) is 1.26. The first-order valence-electron chi connectivity index (χ1n) is 4.42. The summed E-state index contributed by atoms with van der Waals surface area (Å²) in [6.45, 7) is 0. The third kappa shape index (κ3) is 5.19. The Morgan fingerprint density at radius 3 is 2.67 bits per heavy atom. The van der Waals surface area contributed by atoms with Gasteiger partial charge in [0.1, 0.15) is 5.75 Å². The molecule has 9 heteroatoms. The zero-order valence-corrected chi connectivity index (χ0v) is 10.2. The molecule has 0 unspecified atom stereocenters. The van der Waals surface area contributed by atoms with Crippen LogP contribution >= 0.6 is 23.8 Å². The Balaban J connectivity index is 2.79. The van der Waals surface area contributed by atoms with Gasteiger partial charge in [0.25, 0.3) is 0 Å². The lowest BCUT2D eigenvalue weighted by molar-refractivity contribution is -0.274. The topological polar surface area (TPSA) is 59.6 Å². The van der Waals surface area contributed by atoms with Gasteiger partial charge in [-0.2, -0.15) is 5.10 Å². The van der Waals surface area contributed by atoms with Gasteiger partial charge in [-0.3, -0.25) is 5.43 Å². The molecule has 18 heavy (non-hydrogen) atoms. The summed E-state index contributed by atoms with van der Waals surface area (Å²) < 4.78 is 39.6. The molecule has 98 valence electrons. The summed E-state index contributed by atoms with van der Waals surface area (Å²) in [7, 11) is 0. The van der Waals surface area contributed by atoms with E-state index in [4.69, 9.17) is 17.3 Å². The third-order valence-electron chi connectivity index (χ3n) is 1.57. The number of rotatable bonds is 3. The van der Waals surface area contributed by atoms with E-state index in [-0.39, 0.29) is 10.1 Å². The number of hydrogen-bond donors (Lipinski definition) is 2. The number of nitrogens with one attached hydrogen (secondary N) is 1. The minimum atomic E-state index is -4.79. The number of hydrazone groups is 1. The van der Waals surface area contributed by atoms with E-state index in [0.717, 1.165) is 6.07 Å². The molecule has 0 aromatic heterocycles. The molecule has 1 aromatic rings. The van der Waals surface area contributed by atoms with E-state index in [1.165, 1.54) is 18.3 Å². The second kappa shape index (κ2) is 5.87. The first kappa shape index (κ1) is 14.5. The number of nitrogens with zero attached hydrogens (tertiary/aromatic N) is 1. The van der Waals surface area contributed by atoms with Crippen LogP contribution in [0.5, 0.6) is 5.75 Å². The molecule has 0 heterocycles. The van der Waals surface area contributed by atoms with Gasteiger partial charge in [0.05, 0.1) is 11.2 Å². The number of thiocarbonyl (C=S) groups is 1. The molecule has 4 nitrogen and oxygen atoms in total. The maximum atomic E-state index is 12.0. The van der Waals surface area contributed by atoms with Crippen LogP contribution in [-0.4, -0.2) is 17.7 Å². The van der Waals surface area contributed by atoms with Crippen molar-refractivity contribution in [1.82, 2.24) is 5.43 Å². The molecule has 1 aromatic carbocycles. The molecule has 3 N–H and O–H groups in total. The first-order valence-corrected chi connectivity index (χ1v) is 5.20. The van der Waals surface area contributed by atoms with E-state index in [2.05, 4.69) is 27.5 Å². The Kier molecular flexibility index (Phi) is 4.74. The highest BCUT2D eigenvalue weighted by Gasteiger charge is 2.31. The highest BCUT2D eigenvalue weighted by Crippen LogP contribution is 2.30. The molecule has 0 saturated carbocycles. The molecule has 0 radical (unpaired) electrons. The second-order valence-corrected chi connectivity index (χ2v) is 3.82. The van der Waals surface area contributed by atoms with Gasteiger partial charge in [0, 0.05) is 0 Å². The van der Waals surface area contributed by atoms with Gasteiger partial charge in [-0.05, 0) is 36.0 Å². The zero-order chi connectivity index (χ0) is 13.8. The van der Waals surface area contributed by atoms with Gasteiger partial charge in [-0.15, -0.1) is 13.2 Å². The molecule has 0 saturated heterocycles. The summed E-state index contributed by atoms with van der Waals surface area (Å²) in [5, 5.41) is 3.40. The Bertz CT molecular complexity index is 479. The van der Waals surface area contributed by atoms with Gasteiger partial charge in [0.2, 0.25) is 0 Å². The maximum absolute atomic E-state index is 12.0. The lowest BCUT2D eigenvalue weighted by Gasteiger charge is -2.10. The van der Waals surface area contributed by atoms with E-state index in [1.807, 2.05) is 0 Å². The Hall–Kier alpha value is -1.54. The van der Waals surface area contributed by atoms with Crippen molar-refractivity contribution >= 4 is 35.1 Å². The van der Waals surface area contributed by atoms with Crippen LogP contribution < -0.4 is 15.9 Å². The molecule has 0 amide bonds. The molecule has 0 spiro atoms. The average Bonchev–Trinajstić information content (AvgIpc) is 2.19. The molecule has 0 fully saturated rings. The molecular weight excluding hydrogens is 291 g/mol. The largest absolute Gasteiger partial charge is 0.573 e. The summed E-state index contributed by atoms with van der Waals surface area (Å²) in [6.07, 6.45) is -3.49. The molecule has 0 bridgehead atoms. The number of alkyl halides is 3. The molecule has 0 atom stereocenters. The molecular formula is C9H7ClF3N3OS. The third-order valence-corrected chi connectivity index (χ3v) is 1.96. The Morgan fingerprint density at radius 2 is 2.17 bits per heavy atom. The van der Waals surface area contributed by atoms with Crippen LogP contribution in [0.1, 0.15) is 5.56 Å². The van der Waals surface area contributed by atoms with Crippen LogP contribution in [-0.2, 0) is 0 Å². The lowest BCUT2D eigenvalue weighted by Crippen LogP contribution is -2.24. The van der Waals surface area contributed by atoms with Crippen molar-refractivity contribution in [3.05, 3.63) is 28.8 Å². The van der Waals surface area contributed by atoms with Crippen molar-refractivity contribution in [1.29, 1.82) is 0 Å². The fraction of sp³-hybridized carbons (Fsp3) is 0.111. The van der Waals surface area contributed by atoms with Gasteiger partial charge in [0.15, 0.2) is 5.11 Å². The van der Waals surface area contributed by atoms with Crippen LogP contribution in [0.15, 0.2) is 23.3 Å². The van der Waals surface area contributed by atoms with Crippen LogP contribution in [0.4, 0.5) is 13.2 Å². The molecule has 0 aliphatic rings. The van der Waals surface area contributed by atoms with Gasteiger partial charge < -0.3 is 10.5 Å². The van der Waals surface area contributed by atoms with Crippen LogP contribution in [0.3, 0.4) is 0 Å². The minimum absolute atomic E-state index is 0.0330. The van der Waals surface area contributed by atoms with Crippen molar-refractivity contribution in [2.45, 2.75) is 6.36 Å². The standard InChI is InChI=1S/C9H7ClF3N3OS/c10-6-3-5(4-15-16-8(14)18)1-2-7(6)17-9(11,12)13/h1-4H,(H3,14,16,18). The van der Waals surface area contributed by atoms with E-state index in [9.17, 15) is 13.2 Å². The SMILES string of the molecule is NC(=S)NN=Cc1ccc(OC(F)(F)F)c(Cl)c1. The summed E-state index contributed by atoms with van der Waals surface area (Å²) in [6, 6.07) is 3.68. The van der Waals surface area contributed by atoms with E-state index < -0.39 is 12.1 Å². The van der Waals surface area contributed by atoms with E-state index >= 15 is 0 Å². The van der Waals surface area contributed by atoms with Crippen molar-refractivity contribution in [2.24, 2.45) is 10.8 Å². The number of ether oxygens (including phenoxy) is 1. The summed E-state index contributed by atoms with van der Waals surface area (Å²) in [4.78, 5) is 0. The van der Waals surface area contributed by atoms with E-state index in [1.54, 1.807) is 0 Å². The summed E-state index contributed by atoms with van der Waals surface area (Å²) >= 11 is 10.1.